The Balaban J connectivity index is 1.44. The van der Waals surface area contributed by atoms with E-state index in [1.54, 1.807) is 12.1 Å². The largest absolute Gasteiger partial charge is 0.417 e. The summed E-state index contributed by atoms with van der Waals surface area (Å²) < 4.78 is 53.1. The smallest absolute Gasteiger partial charge is 0.355 e. The van der Waals surface area contributed by atoms with Crippen LogP contribution < -0.4 is 10.2 Å². The van der Waals surface area contributed by atoms with Crippen molar-refractivity contribution in [3.63, 3.8) is 0 Å². The number of aromatic nitrogens is 2. The van der Waals surface area contributed by atoms with Gasteiger partial charge in [-0.3, -0.25) is 4.79 Å². The third kappa shape index (κ3) is 5.40. The fourth-order valence-electron chi connectivity index (χ4n) is 4.22. The van der Waals surface area contributed by atoms with Gasteiger partial charge >= 0.3 is 6.18 Å². The third-order valence-electron chi connectivity index (χ3n) is 6.28. The molecule has 0 saturated carbocycles. The molecule has 35 heavy (non-hydrogen) atoms. The van der Waals surface area contributed by atoms with Gasteiger partial charge in [0, 0.05) is 29.7 Å². The maximum absolute atomic E-state index is 13.3. The van der Waals surface area contributed by atoms with Crippen LogP contribution in [0.2, 0.25) is 5.02 Å². The number of anilines is 1. The van der Waals surface area contributed by atoms with Gasteiger partial charge in [0.2, 0.25) is 0 Å². The molecule has 0 unspecified atom stereocenters. The number of nitrogens with one attached hydrogen (secondary N) is 1. The van der Waals surface area contributed by atoms with E-state index in [0.717, 1.165) is 40.3 Å². The van der Waals surface area contributed by atoms with E-state index < -0.39 is 29.0 Å². The van der Waals surface area contributed by atoms with Gasteiger partial charge in [-0.05, 0) is 68.1 Å². The second kappa shape index (κ2) is 9.81. The molecule has 1 amide bonds. The molecule has 1 fully saturated rings. The van der Waals surface area contributed by atoms with Crippen LogP contribution in [0.3, 0.4) is 0 Å². The summed E-state index contributed by atoms with van der Waals surface area (Å²) in [5, 5.41) is 12.2. The molecule has 3 aromatic rings. The number of alkyl halides is 3. The molecule has 10 heteroatoms. The van der Waals surface area contributed by atoms with Crippen molar-refractivity contribution in [1.82, 2.24) is 15.5 Å². The Hall–Kier alpha value is -3.20. The van der Waals surface area contributed by atoms with E-state index in [-0.39, 0.29) is 6.04 Å². The van der Waals surface area contributed by atoms with Gasteiger partial charge in [-0.15, -0.1) is 10.2 Å². The summed E-state index contributed by atoms with van der Waals surface area (Å²) in [5.74, 6) is -1.17. The lowest BCUT2D eigenvalue weighted by molar-refractivity contribution is -0.138. The number of nitrogens with zero attached hydrogens (tertiary/aromatic N) is 3. The number of hydrogen-bond donors (Lipinski definition) is 1. The van der Waals surface area contributed by atoms with E-state index in [2.05, 4.69) is 20.4 Å². The van der Waals surface area contributed by atoms with Crippen molar-refractivity contribution in [2.45, 2.75) is 38.9 Å². The van der Waals surface area contributed by atoms with Gasteiger partial charge < -0.3 is 10.2 Å². The van der Waals surface area contributed by atoms with E-state index in [9.17, 15) is 22.4 Å². The lowest BCUT2D eigenvalue weighted by Crippen LogP contribution is -2.45. The molecule has 1 aliphatic rings. The Labute approximate surface area is 205 Å². The van der Waals surface area contributed by atoms with E-state index in [1.165, 1.54) is 0 Å². The molecule has 2 heterocycles. The van der Waals surface area contributed by atoms with Crippen molar-refractivity contribution in [2.24, 2.45) is 0 Å². The fourth-order valence-corrected chi connectivity index (χ4v) is 4.35. The van der Waals surface area contributed by atoms with Gasteiger partial charge in [-0.25, -0.2) is 4.39 Å². The average molecular weight is 507 g/mol. The first kappa shape index (κ1) is 24.9. The molecule has 2 aromatic carbocycles. The number of amides is 1. The number of benzene rings is 2. The Morgan fingerprint density at radius 1 is 1.03 bits per heavy atom. The van der Waals surface area contributed by atoms with Gasteiger partial charge in [-0.1, -0.05) is 23.7 Å². The van der Waals surface area contributed by atoms with Crippen LogP contribution in [-0.4, -0.2) is 35.2 Å². The highest BCUT2D eigenvalue weighted by Crippen LogP contribution is 2.33. The highest BCUT2D eigenvalue weighted by molar-refractivity contribution is 6.30. The van der Waals surface area contributed by atoms with Gasteiger partial charge in [-0.2, -0.15) is 13.2 Å². The second-order valence-electron chi connectivity index (χ2n) is 8.55. The summed E-state index contributed by atoms with van der Waals surface area (Å²) in [6.07, 6.45) is -3.79. The Kier molecular flexibility index (Phi) is 6.98. The predicted octanol–water partition coefficient (Wildman–Crippen LogP) is 5.97. The molecule has 0 spiro atoms. The normalized spacial score (nSPS) is 14.8. The molecule has 1 saturated heterocycles. The Morgan fingerprint density at radius 2 is 1.69 bits per heavy atom. The number of carbonyl (C=O) groups excluding carboxylic acids is 1. The van der Waals surface area contributed by atoms with Crippen LogP contribution in [0, 0.1) is 19.7 Å². The third-order valence-corrected chi connectivity index (χ3v) is 6.53. The molecule has 1 aromatic heterocycles. The lowest BCUT2D eigenvalue weighted by Gasteiger charge is -2.34. The zero-order valence-electron chi connectivity index (χ0n) is 19.1. The summed E-state index contributed by atoms with van der Waals surface area (Å²) in [4.78, 5) is 14.6. The van der Waals surface area contributed by atoms with Gasteiger partial charge in [0.25, 0.3) is 5.91 Å². The SMILES string of the molecule is Cc1c(-c2ccc(Cl)cc2)nnc(N2CCC(NC(=O)c3ccc(F)cc3C(F)(F)F)CC2)c1C. The lowest BCUT2D eigenvalue weighted by atomic mass is 10.0. The van der Waals surface area contributed by atoms with Crippen LogP contribution >= 0.6 is 11.6 Å². The molecule has 0 bridgehead atoms. The second-order valence-corrected chi connectivity index (χ2v) is 8.99. The highest BCUT2D eigenvalue weighted by atomic mass is 35.5. The number of carbonyl (C=O) groups is 1. The van der Waals surface area contributed by atoms with Crippen LogP contribution in [0.25, 0.3) is 11.3 Å². The van der Waals surface area contributed by atoms with Crippen LogP contribution in [0.5, 0.6) is 0 Å². The zero-order valence-corrected chi connectivity index (χ0v) is 19.8. The summed E-state index contributed by atoms with van der Waals surface area (Å²) in [7, 11) is 0. The number of rotatable bonds is 4. The van der Waals surface area contributed by atoms with Gasteiger partial charge in [0.05, 0.1) is 16.8 Å². The number of piperidine rings is 1. The fraction of sp³-hybridized carbons (Fsp3) is 0.320. The topological polar surface area (TPSA) is 58.1 Å². The molecule has 1 N–H and O–H groups in total. The minimum Gasteiger partial charge on any atom is -0.355 e. The van der Waals surface area contributed by atoms with E-state index in [0.29, 0.717) is 37.0 Å². The van der Waals surface area contributed by atoms with Crippen molar-refractivity contribution < 1.29 is 22.4 Å². The zero-order chi connectivity index (χ0) is 25.3. The van der Waals surface area contributed by atoms with Crippen LogP contribution in [0.15, 0.2) is 42.5 Å². The van der Waals surface area contributed by atoms with Crippen molar-refractivity contribution >= 4 is 23.3 Å². The first-order valence-electron chi connectivity index (χ1n) is 11.1. The van der Waals surface area contributed by atoms with Crippen molar-refractivity contribution in [3.8, 4) is 11.3 Å². The molecule has 5 nitrogen and oxygen atoms in total. The quantitative estimate of drug-likeness (QED) is 0.443. The van der Waals surface area contributed by atoms with Crippen LogP contribution in [0.1, 0.15) is 39.9 Å². The molecule has 1 aliphatic heterocycles. The first-order valence-corrected chi connectivity index (χ1v) is 11.4. The van der Waals surface area contributed by atoms with E-state index in [1.807, 2.05) is 26.0 Å². The first-order chi connectivity index (χ1) is 16.5. The maximum Gasteiger partial charge on any atom is 0.417 e. The monoisotopic (exact) mass is 506 g/mol. The molecular weight excluding hydrogens is 484 g/mol. The number of halogens is 5. The van der Waals surface area contributed by atoms with Gasteiger partial charge in [0.1, 0.15) is 5.82 Å². The van der Waals surface area contributed by atoms with Crippen molar-refractivity contribution in [3.05, 3.63) is 75.6 Å². The van der Waals surface area contributed by atoms with Crippen molar-refractivity contribution in [1.29, 1.82) is 0 Å². The molecule has 0 atom stereocenters. The standard InChI is InChI=1S/C25H23ClF4N4O/c1-14-15(2)23(33-32-22(14)16-3-5-17(26)6-4-16)34-11-9-19(10-12-34)31-24(35)20-8-7-18(27)13-21(20)25(28,29)30/h3-8,13,19H,9-12H2,1-2H3,(H,31,35). The minimum atomic E-state index is -4.83. The molecule has 0 aliphatic carbocycles. The summed E-state index contributed by atoms with van der Waals surface area (Å²) in [6, 6.07) is 9.11. The highest BCUT2D eigenvalue weighted by Gasteiger charge is 2.36. The van der Waals surface area contributed by atoms with Gasteiger partial charge in [0.15, 0.2) is 5.82 Å². The summed E-state index contributed by atoms with van der Waals surface area (Å²) in [6.45, 7) is 5.05. The minimum absolute atomic E-state index is 0.312. The van der Waals surface area contributed by atoms with Crippen LogP contribution in [0.4, 0.5) is 23.4 Å². The van der Waals surface area contributed by atoms with Crippen molar-refractivity contribution in [2.75, 3.05) is 18.0 Å². The number of hydrogen-bond acceptors (Lipinski definition) is 4. The molecule has 4 rings (SSSR count). The Bertz CT molecular complexity index is 1240. The average Bonchev–Trinajstić information content (AvgIpc) is 2.81. The van der Waals surface area contributed by atoms with Crippen LogP contribution in [-0.2, 0) is 6.18 Å². The Morgan fingerprint density at radius 3 is 2.31 bits per heavy atom. The maximum atomic E-state index is 13.3. The summed E-state index contributed by atoms with van der Waals surface area (Å²) >= 11 is 5.97. The van der Waals surface area contributed by atoms with E-state index in [4.69, 9.17) is 11.6 Å². The molecule has 0 radical (unpaired) electrons. The predicted molar refractivity (Wildman–Crippen MR) is 126 cm³/mol. The molecular formula is C25H23ClF4N4O. The van der Waals surface area contributed by atoms with E-state index >= 15 is 0 Å². The molecule has 184 valence electrons. The summed E-state index contributed by atoms with van der Waals surface area (Å²) in [5.41, 5.74) is 1.78.